The summed E-state index contributed by atoms with van der Waals surface area (Å²) in [5, 5.41) is 7.35. The molecule has 2 rings (SSSR count). The van der Waals surface area contributed by atoms with Crippen LogP contribution in [0.3, 0.4) is 0 Å². The topological polar surface area (TPSA) is 83.8 Å². The van der Waals surface area contributed by atoms with Gasteiger partial charge in [-0.3, -0.25) is 15.3 Å². The Balaban J connectivity index is 0.000000980. The molecule has 0 fully saturated rings. The van der Waals surface area contributed by atoms with Gasteiger partial charge in [0.15, 0.2) is 5.69 Å². The number of aromatic amines is 1. The number of H-pyrrole nitrogens is 1. The van der Waals surface area contributed by atoms with E-state index in [1.165, 1.54) is 0 Å². The van der Waals surface area contributed by atoms with Crippen molar-refractivity contribution in [2.75, 3.05) is 0 Å². The number of hydrogen-bond donors (Lipinski definition) is 3. The number of nitrogens with two attached hydrogens (primary N) is 1. The fourth-order valence-corrected chi connectivity index (χ4v) is 1.20. The minimum absolute atomic E-state index is 0. The molecule has 1 heterocycles. The van der Waals surface area contributed by atoms with Crippen molar-refractivity contribution in [2.45, 2.75) is 0 Å². The molecule has 5 nitrogen and oxygen atoms in total. The standard InChI is InChI=1S/C8H8N4O.ClH/c9-10-8(13)7-5-3-1-2-4-6(5)11-12-7;/h1-4H,9H2,(H,10,13)(H,11,12);1H. The maximum absolute atomic E-state index is 11.2. The monoisotopic (exact) mass is 212 g/mol. The van der Waals surface area contributed by atoms with Crippen LogP contribution >= 0.6 is 12.4 Å². The molecule has 74 valence electrons. The SMILES string of the molecule is Cl.NNC(=O)c1n[nH]c2ccccc12. The number of carbonyl (C=O) groups is 1. The molecule has 0 saturated heterocycles. The summed E-state index contributed by atoms with van der Waals surface area (Å²) in [5.74, 6) is 4.61. The second-order valence-corrected chi connectivity index (χ2v) is 2.59. The third-order valence-electron chi connectivity index (χ3n) is 1.82. The molecule has 1 aromatic carbocycles. The highest BCUT2D eigenvalue weighted by Crippen LogP contribution is 2.14. The van der Waals surface area contributed by atoms with Gasteiger partial charge >= 0.3 is 0 Å². The molecule has 0 spiro atoms. The molecular formula is C8H9ClN4O. The summed E-state index contributed by atoms with van der Waals surface area (Å²) in [4.78, 5) is 11.2. The molecule has 14 heavy (non-hydrogen) atoms. The van der Waals surface area contributed by atoms with E-state index in [1.54, 1.807) is 0 Å². The summed E-state index contributed by atoms with van der Waals surface area (Å²) in [6, 6.07) is 7.36. The molecule has 1 amide bonds. The van der Waals surface area contributed by atoms with E-state index in [0.29, 0.717) is 5.69 Å². The first-order valence-electron chi connectivity index (χ1n) is 3.77. The Hall–Kier alpha value is -1.59. The number of nitrogens with one attached hydrogen (secondary N) is 2. The van der Waals surface area contributed by atoms with Crippen LogP contribution in [0.25, 0.3) is 10.9 Å². The Morgan fingerprint density at radius 2 is 2.14 bits per heavy atom. The zero-order valence-corrected chi connectivity index (χ0v) is 7.97. The van der Waals surface area contributed by atoms with Gasteiger partial charge in [-0.1, -0.05) is 18.2 Å². The number of halogens is 1. The van der Waals surface area contributed by atoms with E-state index in [1.807, 2.05) is 29.7 Å². The largest absolute Gasteiger partial charge is 0.289 e. The van der Waals surface area contributed by atoms with Crippen molar-refractivity contribution in [3.8, 4) is 0 Å². The second kappa shape index (κ2) is 4.08. The number of hydrogen-bond acceptors (Lipinski definition) is 3. The number of fused-ring (bicyclic) bond motifs is 1. The van der Waals surface area contributed by atoms with Gasteiger partial charge in [0.05, 0.1) is 5.52 Å². The normalized spacial score (nSPS) is 9.50. The maximum Gasteiger partial charge on any atom is 0.286 e. The quantitative estimate of drug-likeness (QED) is 0.368. The average molecular weight is 213 g/mol. The van der Waals surface area contributed by atoms with Crippen molar-refractivity contribution in [3.63, 3.8) is 0 Å². The van der Waals surface area contributed by atoms with E-state index >= 15 is 0 Å². The lowest BCUT2D eigenvalue weighted by atomic mass is 10.2. The number of benzene rings is 1. The van der Waals surface area contributed by atoms with Gasteiger partial charge in [-0.05, 0) is 6.07 Å². The molecule has 2 aromatic rings. The van der Waals surface area contributed by atoms with Crippen LogP contribution in [-0.4, -0.2) is 16.1 Å². The van der Waals surface area contributed by atoms with Crippen molar-refractivity contribution in [3.05, 3.63) is 30.0 Å². The number of amides is 1. The Labute approximate surface area is 86.0 Å². The van der Waals surface area contributed by atoms with E-state index in [2.05, 4.69) is 10.2 Å². The smallest absolute Gasteiger partial charge is 0.286 e. The van der Waals surface area contributed by atoms with Crippen LogP contribution in [0.1, 0.15) is 10.5 Å². The van der Waals surface area contributed by atoms with Crippen LogP contribution < -0.4 is 11.3 Å². The fourth-order valence-electron chi connectivity index (χ4n) is 1.20. The summed E-state index contributed by atoms with van der Waals surface area (Å²) in [6.45, 7) is 0. The summed E-state index contributed by atoms with van der Waals surface area (Å²) in [5.41, 5.74) is 3.18. The second-order valence-electron chi connectivity index (χ2n) is 2.59. The first-order valence-corrected chi connectivity index (χ1v) is 3.77. The zero-order valence-electron chi connectivity index (χ0n) is 7.15. The minimum atomic E-state index is -0.391. The third kappa shape index (κ3) is 1.55. The van der Waals surface area contributed by atoms with Gasteiger partial charge in [-0.15, -0.1) is 12.4 Å². The lowest BCUT2D eigenvalue weighted by molar-refractivity contribution is 0.0950. The van der Waals surface area contributed by atoms with Crippen LogP contribution in [0.15, 0.2) is 24.3 Å². The van der Waals surface area contributed by atoms with Crippen molar-refractivity contribution in [1.82, 2.24) is 15.6 Å². The molecule has 0 bridgehead atoms. The Bertz CT molecular complexity index is 453. The Morgan fingerprint density at radius 3 is 2.86 bits per heavy atom. The van der Waals surface area contributed by atoms with Crippen LogP contribution in [0.2, 0.25) is 0 Å². The highest BCUT2D eigenvalue weighted by Gasteiger charge is 2.11. The zero-order chi connectivity index (χ0) is 9.26. The van der Waals surface area contributed by atoms with Gasteiger partial charge < -0.3 is 0 Å². The van der Waals surface area contributed by atoms with E-state index in [9.17, 15) is 4.79 Å². The lowest BCUT2D eigenvalue weighted by Crippen LogP contribution is -2.30. The predicted octanol–water partition coefficient (Wildman–Crippen LogP) is 0.588. The molecule has 0 aliphatic rings. The number of nitrogens with zero attached hydrogens (tertiary/aromatic N) is 1. The van der Waals surface area contributed by atoms with Crippen LogP contribution in [0.4, 0.5) is 0 Å². The van der Waals surface area contributed by atoms with E-state index < -0.39 is 5.91 Å². The first kappa shape index (κ1) is 10.5. The number of hydrazine groups is 1. The molecule has 0 radical (unpaired) electrons. The number of nitrogen functional groups attached to an aromatic ring is 1. The molecule has 6 heteroatoms. The third-order valence-corrected chi connectivity index (χ3v) is 1.82. The van der Waals surface area contributed by atoms with Gasteiger partial charge in [0.1, 0.15) is 0 Å². The Morgan fingerprint density at radius 1 is 1.43 bits per heavy atom. The van der Waals surface area contributed by atoms with Crippen LogP contribution in [0.5, 0.6) is 0 Å². The minimum Gasteiger partial charge on any atom is -0.289 e. The molecule has 0 atom stereocenters. The van der Waals surface area contributed by atoms with Gasteiger partial charge in [0, 0.05) is 5.39 Å². The van der Waals surface area contributed by atoms with Gasteiger partial charge in [0.2, 0.25) is 0 Å². The van der Waals surface area contributed by atoms with Crippen molar-refractivity contribution >= 4 is 29.2 Å². The molecule has 1 aromatic heterocycles. The molecule has 0 saturated carbocycles. The molecule has 0 aliphatic heterocycles. The van der Waals surface area contributed by atoms with Crippen LogP contribution in [0, 0.1) is 0 Å². The van der Waals surface area contributed by atoms with Crippen LogP contribution in [-0.2, 0) is 0 Å². The molecule has 4 N–H and O–H groups in total. The van der Waals surface area contributed by atoms with Gasteiger partial charge in [-0.2, -0.15) is 5.10 Å². The number of rotatable bonds is 1. The average Bonchev–Trinajstić information content (AvgIpc) is 2.60. The molecular weight excluding hydrogens is 204 g/mol. The lowest BCUT2D eigenvalue weighted by Gasteiger charge is -1.93. The summed E-state index contributed by atoms with van der Waals surface area (Å²) in [7, 11) is 0. The summed E-state index contributed by atoms with van der Waals surface area (Å²) in [6.07, 6.45) is 0. The number of aromatic nitrogens is 2. The molecule has 0 unspecified atom stereocenters. The number of carbonyl (C=O) groups excluding carboxylic acids is 1. The maximum atomic E-state index is 11.2. The van der Waals surface area contributed by atoms with Crippen molar-refractivity contribution in [1.29, 1.82) is 0 Å². The first-order chi connectivity index (χ1) is 6.33. The predicted molar refractivity (Wildman–Crippen MR) is 55.0 cm³/mol. The highest BCUT2D eigenvalue weighted by atomic mass is 35.5. The fraction of sp³-hybridized carbons (Fsp3) is 0. The van der Waals surface area contributed by atoms with E-state index in [-0.39, 0.29) is 12.4 Å². The van der Waals surface area contributed by atoms with E-state index in [0.717, 1.165) is 10.9 Å². The van der Waals surface area contributed by atoms with Crippen molar-refractivity contribution in [2.24, 2.45) is 5.84 Å². The van der Waals surface area contributed by atoms with Crippen molar-refractivity contribution < 1.29 is 4.79 Å². The highest BCUT2D eigenvalue weighted by molar-refractivity contribution is 6.04. The van der Waals surface area contributed by atoms with Gasteiger partial charge in [0.25, 0.3) is 5.91 Å². The molecule has 0 aliphatic carbocycles. The van der Waals surface area contributed by atoms with E-state index in [4.69, 9.17) is 5.84 Å². The van der Waals surface area contributed by atoms with Gasteiger partial charge in [-0.25, -0.2) is 5.84 Å². The number of para-hydroxylation sites is 1. The summed E-state index contributed by atoms with van der Waals surface area (Å²) >= 11 is 0. The Kier molecular flexibility index (Phi) is 3.06. The summed E-state index contributed by atoms with van der Waals surface area (Å²) < 4.78 is 0.